The minimum atomic E-state index is -0.0832. The molecule has 1 aliphatic rings. The number of likely N-dealkylation sites (tertiary alicyclic amines) is 1. The summed E-state index contributed by atoms with van der Waals surface area (Å²) >= 11 is 0. The zero-order valence-electron chi connectivity index (χ0n) is 11.5. The van der Waals surface area contributed by atoms with Crippen molar-refractivity contribution in [2.24, 2.45) is 5.73 Å². The Morgan fingerprint density at radius 1 is 1.29 bits per heavy atom. The lowest BCUT2D eigenvalue weighted by Crippen LogP contribution is -2.56. The molecule has 100 valence electrons. The number of carbonyl (C=O) groups excluding carboxylic acids is 1. The first-order valence-corrected chi connectivity index (χ1v) is 7.14. The summed E-state index contributed by atoms with van der Waals surface area (Å²) in [5, 5.41) is 0. The van der Waals surface area contributed by atoms with Gasteiger partial charge in [-0.1, -0.05) is 26.2 Å². The molecule has 0 aliphatic carbocycles. The van der Waals surface area contributed by atoms with Crippen LogP contribution in [0.1, 0.15) is 65.2 Å². The third-order valence-electron chi connectivity index (χ3n) is 3.98. The molecule has 0 aromatic rings. The van der Waals surface area contributed by atoms with Gasteiger partial charge < -0.3 is 10.6 Å². The number of amides is 1. The Morgan fingerprint density at radius 3 is 2.71 bits per heavy atom. The second-order valence-corrected chi connectivity index (χ2v) is 5.51. The smallest absolute Gasteiger partial charge is 0.223 e. The summed E-state index contributed by atoms with van der Waals surface area (Å²) in [6.07, 6.45) is 8.77. The quantitative estimate of drug-likeness (QED) is 0.726. The Bertz CT molecular complexity index is 242. The highest BCUT2D eigenvalue weighted by molar-refractivity contribution is 5.77. The van der Waals surface area contributed by atoms with Crippen LogP contribution in [-0.4, -0.2) is 29.4 Å². The monoisotopic (exact) mass is 240 g/mol. The number of hydrogen-bond acceptors (Lipinski definition) is 2. The molecule has 0 saturated carbocycles. The van der Waals surface area contributed by atoms with Gasteiger partial charge in [0.1, 0.15) is 0 Å². The first-order chi connectivity index (χ1) is 8.14. The van der Waals surface area contributed by atoms with Crippen LogP contribution in [0.15, 0.2) is 0 Å². The predicted octanol–water partition coefficient (Wildman–Crippen LogP) is 2.69. The van der Waals surface area contributed by atoms with Crippen molar-refractivity contribution in [1.82, 2.24) is 4.90 Å². The van der Waals surface area contributed by atoms with E-state index >= 15 is 0 Å². The summed E-state index contributed by atoms with van der Waals surface area (Å²) < 4.78 is 0. The molecule has 0 aromatic heterocycles. The maximum absolute atomic E-state index is 12.2. The lowest BCUT2D eigenvalue weighted by atomic mass is 9.88. The molecule has 1 saturated heterocycles. The van der Waals surface area contributed by atoms with Crippen LogP contribution in [0.5, 0.6) is 0 Å². The van der Waals surface area contributed by atoms with Crippen molar-refractivity contribution >= 4 is 5.91 Å². The first-order valence-electron chi connectivity index (χ1n) is 7.14. The van der Waals surface area contributed by atoms with Crippen molar-refractivity contribution in [3.8, 4) is 0 Å². The molecular weight excluding hydrogens is 212 g/mol. The molecule has 0 radical (unpaired) electrons. The van der Waals surface area contributed by atoms with E-state index in [0.717, 1.165) is 25.8 Å². The van der Waals surface area contributed by atoms with Gasteiger partial charge in [0, 0.05) is 19.5 Å². The van der Waals surface area contributed by atoms with Crippen LogP contribution in [0, 0.1) is 0 Å². The number of carbonyl (C=O) groups is 1. The topological polar surface area (TPSA) is 46.3 Å². The zero-order chi connectivity index (χ0) is 12.7. The average Bonchev–Trinajstić information content (AvgIpc) is 2.35. The molecule has 1 rings (SSSR count). The average molecular weight is 240 g/mol. The van der Waals surface area contributed by atoms with E-state index in [1.165, 1.54) is 25.7 Å². The molecule has 1 atom stereocenters. The Labute approximate surface area is 106 Å². The Kier molecular flexibility index (Phi) is 5.96. The largest absolute Gasteiger partial charge is 0.336 e. The maximum Gasteiger partial charge on any atom is 0.223 e. The van der Waals surface area contributed by atoms with Crippen molar-refractivity contribution in [1.29, 1.82) is 0 Å². The first kappa shape index (κ1) is 14.5. The van der Waals surface area contributed by atoms with Crippen LogP contribution >= 0.6 is 0 Å². The van der Waals surface area contributed by atoms with E-state index in [4.69, 9.17) is 5.73 Å². The van der Waals surface area contributed by atoms with E-state index in [2.05, 4.69) is 13.8 Å². The molecule has 17 heavy (non-hydrogen) atoms. The summed E-state index contributed by atoms with van der Waals surface area (Å²) in [6.45, 7) is 5.82. The Balaban J connectivity index is 2.42. The van der Waals surface area contributed by atoms with Gasteiger partial charge in [-0.05, 0) is 32.6 Å². The van der Waals surface area contributed by atoms with E-state index in [1.807, 2.05) is 4.90 Å². The van der Waals surface area contributed by atoms with E-state index < -0.39 is 0 Å². The van der Waals surface area contributed by atoms with Gasteiger partial charge in [0.2, 0.25) is 5.91 Å². The number of nitrogens with zero attached hydrogens (tertiary/aromatic N) is 1. The van der Waals surface area contributed by atoms with Crippen molar-refractivity contribution in [2.45, 2.75) is 70.8 Å². The van der Waals surface area contributed by atoms with Gasteiger partial charge in [0.15, 0.2) is 0 Å². The van der Waals surface area contributed by atoms with Gasteiger partial charge in [0.05, 0.1) is 5.54 Å². The molecule has 2 N–H and O–H groups in total. The zero-order valence-corrected chi connectivity index (χ0v) is 11.5. The summed E-state index contributed by atoms with van der Waals surface area (Å²) in [5.41, 5.74) is 5.76. The SMILES string of the molecule is CCCCCCC(=O)N1CCCCC1(C)CN. The van der Waals surface area contributed by atoms with Gasteiger partial charge in [-0.2, -0.15) is 0 Å². The normalized spacial score (nSPS) is 25.0. The van der Waals surface area contributed by atoms with E-state index in [1.54, 1.807) is 0 Å². The van der Waals surface area contributed by atoms with Crippen LogP contribution in [-0.2, 0) is 4.79 Å². The Morgan fingerprint density at radius 2 is 2.06 bits per heavy atom. The van der Waals surface area contributed by atoms with Crippen LogP contribution < -0.4 is 5.73 Å². The predicted molar refractivity (Wildman–Crippen MR) is 71.8 cm³/mol. The van der Waals surface area contributed by atoms with Crippen molar-refractivity contribution < 1.29 is 4.79 Å². The van der Waals surface area contributed by atoms with Crippen LogP contribution in [0.25, 0.3) is 0 Å². The van der Waals surface area contributed by atoms with Crippen LogP contribution in [0.3, 0.4) is 0 Å². The number of nitrogens with two attached hydrogens (primary N) is 1. The number of rotatable bonds is 6. The molecule has 1 heterocycles. The summed E-state index contributed by atoms with van der Waals surface area (Å²) in [6, 6.07) is 0. The highest BCUT2D eigenvalue weighted by Gasteiger charge is 2.35. The fraction of sp³-hybridized carbons (Fsp3) is 0.929. The summed E-state index contributed by atoms with van der Waals surface area (Å²) in [4.78, 5) is 14.3. The molecule has 0 bridgehead atoms. The molecule has 1 fully saturated rings. The van der Waals surface area contributed by atoms with E-state index in [9.17, 15) is 4.79 Å². The molecule has 0 spiro atoms. The number of unbranched alkanes of at least 4 members (excludes halogenated alkanes) is 3. The van der Waals surface area contributed by atoms with Gasteiger partial charge in [-0.15, -0.1) is 0 Å². The second-order valence-electron chi connectivity index (χ2n) is 5.51. The summed E-state index contributed by atoms with van der Waals surface area (Å²) in [7, 11) is 0. The van der Waals surface area contributed by atoms with Crippen molar-refractivity contribution in [2.75, 3.05) is 13.1 Å². The molecule has 1 unspecified atom stereocenters. The fourth-order valence-corrected chi connectivity index (χ4v) is 2.66. The van der Waals surface area contributed by atoms with Gasteiger partial charge in [0.25, 0.3) is 0 Å². The summed E-state index contributed by atoms with van der Waals surface area (Å²) in [5.74, 6) is 0.314. The highest BCUT2D eigenvalue weighted by atomic mass is 16.2. The van der Waals surface area contributed by atoms with Gasteiger partial charge in [-0.3, -0.25) is 4.79 Å². The minimum absolute atomic E-state index is 0.0832. The Hall–Kier alpha value is -0.570. The number of piperidine rings is 1. The molecule has 1 aliphatic heterocycles. The maximum atomic E-state index is 12.2. The minimum Gasteiger partial charge on any atom is -0.336 e. The van der Waals surface area contributed by atoms with E-state index in [-0.39, 0.29) is 5.54 Å². The van der Waals surface area contributed by atoms with Gasteiger partial charge >= 0.3 is 0 Å². The molecule has 3 nitrogen and oxygen atoms in total. The third-order valence-corrected chi connectivity index (χ3v) is 3.98. The second kappa shape index (κ2) is 7.00. The molecule has 3 heteroatoms. The standard InChI is InChI=1S/C14H28N2O/c1-3-4-5-6-9-13(17)16-11-8-7-10-14(16,2)12-15/h3-12,15H2,1-2H3. The van der Waals surface area contributed by atoms with Crippen LogP contribution in [0.2, 0.25) is 0 Å². The fourth-order valence-electron chi connectivity index (χ4n) is 2.66. The lowest BCUT2D eigenvalue weighted by Gasteiger charge is -2.44. The molecule has 0 aromatic carbocycles. The third kappa shape index (κ3) is 3.98. The number of hydrogen-bond donors (Lipinski definition) is 1. The van der Waals surface area contributed by atoms with Crippen molar-refractivity contribution in [3.05, 3.63) is 0 Å². The van der Waals surface area contributed by atoms with Gasteiger partial charge in [-0.25, -0.2) is 0 Å². The molecule has 1 amide bonds. The van der Waals surface area contributed by atoms with Crippen LogP contribution in [0.4, 0.5) is 0 Å². The lowest BCUT2D eigenvalue weighted by molar-refractivity contribution is -0.139. The molecular formula is C14H28N2O. The van der Waals surface area contributed by atoms with E-state index in [0.29, 0.717) is 18.9 Å². The van der Waals surface area contributed by atoms with Crippen molar-refractivity contribution in [3.63, 3.8) is 0 Å². The highest BCUT2D eigenvalue weighted by Crippen LogP contribution is 2.27.